The number of anilines is 1. The van der Waals surface area contributed by atoms with E-state index in [0.29, 0.717) is 6.04 Å². The van der Waals surface area contributed by atoms with Gasteiger partial charge in [-0.3, -0.25) is 0 Å². The summed E-state index contributed by atoms with van der Waals surface area (Å²) in [5.74, 6) is 0.941. The zero-order valence-electron chi connectivity index (χ0n) is 18.3. The molecule has 30 heavy (non-hydrogen) atoms. The van der Waals surface area contributed by atoms with Crippen LogP contribution in [0.25, 0.3) is 21.5 Å². The fourth-order valence-electron chi connectivity index (χ4n) is 4.40. The lowest BCUT2D eigenvalue weighted by Crippen LogP contribution is -2.40. The molecule has 3 nitrogen and oxygen atoms in total. The summed E-state index contributed by atoms with van der Waals surface area (Å²) < 4.78 is 5.80. The van der Waals surface area contributed by atoms with Gasteiger partial charge in [0.05, 0.1) is 7.11 Å². The molecular weight excluding hydrogens is 368 g/mol. The smallest absolute Gasteiger partial charge is 0.124 e. The number of methoxy groups -OCH3 is 1. The second kappa shape index (κ2) is 8.76. The molecule has 0 bridgehead atoms. The van der Waals surface area contributed by atoms with Crippen molar-refractivity contribution in [3.63, 3.8) is 0 Å². The molecule has 0 aromatic heterocycles. The minimum atomic E-state index is 0.328. The van der Waals surface area contributed by atoms with Gasteiger partial charge >= 0.3 is 0 Å². The van der Waals surface area contributed by atoms with Crippen molar-refractivity contribution in [1.29, 1.82) is 0 Å². The normalized spacial score (nSPS) is 12.4. The number of ether oxygens (including phenoxy) is 1. The van der Waals surface area contributed by atoms with Gasteiger partial charge in [0.25, 0.3) is 0 Å². The van der Waals surface area contributed by atoms with Crippen LogP contribution in [0.15, 0.2) is 78.9 Å². The van der Waals surface area contributed by atoms with Crippen LogP contribution < -0.4 is 9.64 Å². The van der Waals surface area contributed by atoms with Crippen molar-refractivity contribution in [1.82, 2.24) is 4.90 Å². The highest BCUT2D eigenvalue weighted by atomic mass is 16.5. The van der Waals surface area contributed by atoms with Crippen molar-refractivity contribution >= 4 is 27.2 Å². The first-order valence-electron chi connectivity index (χ1n) is 10.5. The molecule has 0 aliphatic carbocycles. The molecule has 0 spiro atoms. The van der Waals surface area contributed by atoms with Gasteiger partial charge in [-0.25, -0.2) is 0 Å². The zero-order valence-corrected chi connectivity index (χ0v) is 18.3. The van der Waals surface area contributed by atoms with E-state index in [0.717, 1.165) is 18.8 Å². The van der Waals surface area contributed by atoms with Gasteiger partial charge < -0.3 is 14.5 Å². The standard InChI is InChI=1S/C27H30N2O/c1-20(18-28(2)3)29(26-15-9-12-21-10-6-8-14-24(21)26)19-25-23-13-7-5-11-22(23)16-17-27(25)30-4/h5-17,20H,18-19H2,1-4H3. The fourth-order valence-corrected chi connectivity index (χ4v) is 4.40. The summed E-state index contributed by atoms with van der Waals surface area (Å²) in [7, 11) is 6.03. The second-order valence-electron chi connectivity index (χ2n) is 8.20. The number of likely N-dealkylation sites (N-methyl/N-ethyl adjacent to an activating group) is 1. The quantitative estimate of drug-likeness (QED) is 0.382. The monoisotopic (exact) mass is 398 g/mol. The molecule has 0 aliphatic heterocycles. The van der Waals surface area contributed by atoms with Crippen molar-refractivity contribution in [2.75, 3.05) is 32.6 Å². The Hall–Kier alpha value is -3.04. The molecule has 0 radical (unpaired) electrons. The Balaban J connectivity index is 1.87. The Morgan fingerprint density at radius 1 is 0.767 bits per heavy atom. The Bertz CT molecular complexity index is 1150. The predicted octanol–water partition coefficient (Wildman–Crippen LogP) is 5.96. The first-order valence-corrected chi connectivity index (χ1v) is 10.5. The van der Waals surface area contributed by atoms with E-state index in [1.807, 2.05) is 0 Å². The van der Waals surface area contributed by atoms with Gasteiger partial charge in [-0.1, -0.05) is 66.7 Å². The number of nitrogens with zero attached hydrogens (tertiary/aromatic N) is 2. The summed E-state index contributed by atoms with van der Waals surface area (Å²) >= 11 is 0. The van der Waals surface area contributed by atoms with Gasteiger partial charge in [0.2, 0.25) is 0 Å². The second-order valence-corrected chi connectivity index (χ2v) is 8.20. The molecule has 0 N–H and O–H groups in total. The Labute approximate surface area is 179 Å². The largest absolute Gasteiger partial charge is 0.496 e. The van der Waals surface area contributed by atoms with Crippen LogP contribution in [0.1, 0.15) is 12.5 Å². The van der Waals surface area contributed by atoms with E-state index < -0.39 is 0 Å². The molecular formula is C27H30N2O. The summed E-state index contributed by atoms with van der Waals surface area (Å²) in [6.45, 7) is 4.06. The third-order valence-corrected chi connectivity index (χ3v) is 5.78. The maximum atomic E-state index is 5.80. The lowest BCUT2D eigenvalue weighted by atomic mass is 10.0. The van der Waals surface area contributed by atoms with Crippen LogP contribution in [0.2, 0.25) is 0 Å². The molecule has 1 unspecified atom stereocenters. The molecule has 4 rings (SSSR count). The molecule has 0 fully saturated rings. The van der Waals surface area contributed by atoms with E-state index in [2.05, 4.69) is 110 Å². The average Bonchev–Trinajstić information content (AvgIpc) is 2.76. The SMILES string of the molecule is COc1ccc2ccccc2c1CN(c1cccc2ccccc12)C(C)CN(C)C. The van der Waals surface area contributed by atoms with Crippen LogP contribution >= 0.6 is 0 Å². The highest BCUT2D eigenvalue weighted by molar-refractivity contribution is 5.95. The molecule has 3 heteroatoms. The number of rotatable bonds is 7. The third kappa shape index (κ3) is 3.99. The van der Waals surface area contributed by atoms with Gasteiger partial charge in [-0.15, -0.1) is 0 Å². The topological polar surface area (TPSA) is 15.7 Å². The Morgan fingerprint density at radius 3 is 2.10 bits per heavy atom. The number of hydrogen-bond acceptors (Lipinski definition) is 3. The fraction of sp³-hybridized carbons (Fsp3) is 0.259. The summed E-state index contributed by atoms with van der Waals surface area (Å²) in [4.78, 5) is 4.77. The summed E-state index contributed by atoms with van der Waals surface area (Å²) in [6.07, 6.45) is 0. The molecule has 4 aromatic carbocycles. The van der Waals surface area contributed by atoms with Crippen molar-refractivity contribution in [2.24, 2.45) is 0 Å². The van der Waals surface area contributed by atoms with E-state index in [1.54, 1.807) is 7.11 Å². The van der Waals surface area contributed by atoms with E-state index >= 15 is 0 Å². The summed E-state index contributed by atoms with van der Waals surface area (Å²) in [5, 5.41) is 5.04. The van der Waals surface area contributed by atoms with Crippen LogP contribution in [0.4, 0.5) is 5.69 Å². The summed E-state index contributed by atoms with van der Waals surface area (Å²) in [6, 6.07) is 28.4. The van der Waals surface area contributed by atoms with E-state index in [-0.39, 0.29) is 0 Å². The molecule has 154 valence electrons. The van der Waals surface area contributed by atoms with Crippen LogP contribution in [0, 0.1) is 0 Å². The number of benzene rings is 4. The van der Waals surface area contributed by atoms with Crippen LogP contribution in [-0.4, -0.2) is 38.7 Å². The molecule has 0 amide bonds. The van der Waals surface area contributed by atoms with Gasteiger partial charge in [-0.2, -0.15) is 0 Å². The van der Waals surface area contributed by atoms with E-state index in [1.165, 1.54) is 32.8 Å². The van der Waals surface area contributed by atoms with Crippen molar-refractivity contribution < 1.29 is 4.74 Å². The van der Waals surface area contributed by atoms with Gasteiger partial charge in [0, 0.05) is 35.8 Å². The molecule has 0 aliphatic rings. The summed E-state index contributed by atoms with van der Waals surface area (Å²) in [5.41, 5.74) is 2.49. The van der Waals surface area contributed by atoms with Crippen LogP contribution in [-0.2, 0) is 6.54 Å². The van der Waals surface area contributed by atoms with Crippen molar-refractivity contribution in [3.05, 3.63) is 84.4 Å². The molecule has 0 heterocycles. The first kappa shape index (κ1) is 20.2. The van der Waals surface area contributed by atoms with Crippen molar-refractivity contribution in [3.8, 4) is 5.75 Å². The third-order valence-electron chi connectivity index (χ3n) is 5.78. The van der Waals surface area contributed by atoms with E-state index in [9.17, 15) is 0 Å². The Kier molecular flexibility index (Phi) is 5.91. The van der Waals surface area contributed by atoms with Gasteiger partial charge in [-0.05, 0) is 49.3 Å². The number of fused-ring (bicyclic) bond motifs is 2. The molecule has 0 saturated heterocycles. The van der Waals surface area contributed by atoms with Crippen LogP contribution in [0.5, 0.6) is 5.75 Å². The molecule has 4 aromatic rings. The van der Waals surface area contributed by atoms with Gasteiger partial charge in [0.15, 0.2) is 0 Å². The maximum Gasteiger partial charge on any atom is 0.124 e. The molecule has 0 saturated carbocycles. The minimum absolute atomic E-state index is 0.328. The van der Waals surface area contributed by atoms with E-state index in [4.69, 9.17) is 4.74 Å². The van der Waals surface area contributed by atoms with Crippen LogP contribution in [0.3, 0.4) is 0 Å². The van der Waals surface area contributed by atoms with Gasteiger partial charge in [0.1, 0.15) is 5.75 Å². The first-order chi connectivity index (χ1) is 14.6. The zero-order chi connectivity index (χ0) is 21.1. The molecule has 1 atom stereocenters. The lowest BCUT2D eigenvalue weighted by Gasteiger charge is -2.35. The highest BCUT2D eigenvalue weighted by Crippen LogP contribution is 2.34. The lowest BCUT2D eigenvalue weighted by molar-refractivity contribution is 0.369. The average molecular weight is 399 g/mol. The van der Waals surface area contributed by atoms with Crippen molar-refractivity contribution in [2.45, 2.75) is 19.5 Å². The maximum absolute atomic E-state index is 5.80. The minimum Gasteiger partial charge on any atom is -0.496 e. The Morgan fingerprint density at radius 2 is 1.40 bits per heavy atom. The highest BCUT2D eigenvalue weighted by Gasteiger charge is 2.21. The number of hydrogen-bond donors (Lipinski definition) is 0. The predicted molar refractivity (Wildman–Crippen MR) is 129 cm³/mol.